The van der Waals surface area contributed by atoms with Crippen LogP contribution in [0.2, 0.25) is 0 Å². The normalized spacial score (nSPS) is 14.5. The van der Waals surface area contributed by atoms with E-state index in [2.05, 4.69) is 10.4 Å². The van der Waals surface area contributed by atoms with Crippen LogP contribution in [0.25, 0.3) is 0 Å². The van der Waals surface area contributed by atoms with Crippen molar-refractivity contribution < 1.29 is 14.3 Å². The zero-order valence-corrected chi connectivity index (χ0v) is 12.3. The average molecular weight is 302 g/mol. The van der Waals surface area contributed by atoms with E-state index in [9.17, 15) is 4.79 Å². The minimum Gasteiger partial charge on any atom is -0.486 e. The van der Waals surface area contributed by atoms with Crippen molar-refractivity contribution in [3.63, 3.8) is 0 Å². The molecule has 1 atom stereocenters. The number of amides is 1. The Morgan fingerprint density at radius 3 is 2.95 bits per heavy atom. The number of fused-ring (bicyclic) bond motifs is 1. The molecule has 0 saturated carbocycles. The highest BCUT2D eigenvalue weighted by molar-refractivity contribution is 6.04. The molecule has 1 aliphatic heterocycles. The molecule has 0 radical (unpaired) electrons. The third kappa shape index (κ3) is 3.20. The van der Waals surface area contributed by atoms with Crippen LogP contribution in [0.5, 0.6) is 11.5 Å². The van der Waals surface area contributed by atoms with E-state index in [0.717, 1.165) is 0 Å². The molecule has 0 spiro atoms. The highest BCUT2D eigenvalue weighted by atomic mass is 16.6. The van der Waals surface area contributed by atoms with Gasteiger partial charge in [0, 0.05) is 24.0 Å². The van der Waals surface area contributed by atoms with Crippen LogP contribution >= 0.6 is 0 Å². The van der Waals surface area contributed by atoms with Crippen LogP contribution in [0, 0.1) is 0 Å². The third-order valence-electron chi connectivity index (χ3n) is 3.17. The van der Waals surface area contributed by atoms with E-state index in [1.165, 1.54) is 6.20 Å². The van der Waals surface area contributed by atoms with Gasteiger partial charge in [-0.15, -0.1) is 0 Å². The molecule has 1 aromatic carbocycles. The summed E-state index contributed by atoms with van der Waals surface area (Å²) < 4.78 is 12.6. The minimum absolute atomic E-state index is 0.0198. The molecule has 1 aromatic heterocycles. The van der Waals surface area contributed by atoms with E-state index in [4.69, 9.17) is 15.2 Å². The number of benzene rings is 1. The van der Waals surface area contributed by atoms with Gasteiger partial charge in [0.1, 0.15) is 13.2 Å². The monoisotopic (exact) mass is 302 g/mol. The molecule has 2 heterocycles. The maximum Gasteiger partial charge on any atom is 0.258 e. The Balaban J connectivity index is 1.70. The molecule has 0 fully saturated rings. The second kappa shape index (κ2) is 6.07. The number of rotatable bonds is 4. The molecule has 0 aliphatic carbocycles. The van der Waals surface area contributed by atoms with Gasteiger partial charge in [-0.2, -0.15) is 5.10 Å². The van der Waals surface area contributed by atoms with Gasteiger partial charge in [0.2, 0.25) is 0 Å². The van der Waals surface area contributed by atoms with Crippen LogP contribution in [0.15, 0.2) is 30.6 Å². The lowest BCUT2D eigenvalue weighted by atomic mass is 10.2. The summed E-state index contributed by atoms with van der Waals surface area (Å²) in [5, 5.41) is 6.94. The lowest BCUT2D eigenvalue weighted by Gasteiger charge is -2.18. The SMILES string of the molecule is CC(N)Cn1cc(C(=O)Nc2ccc3c(c2)OCCO3)cn1. The van der Waals surface area contributed by atoms with Crippen molar-refractivity contribution in [2.45, 2.75) is 19.5 Å². The summed E-state index contributed by atoms with van der Waals surface area (Å²) in [6.07, 6.45) is 3.20. The van der Waals surface area contributed by atoms with Crippen LogP contribution in [-0.2, 0) is 6.54 Å². The van der Waals surface area contributed by atoms with Gasteiger partial charge in [-0.25, -0.2) is 0 Å². The Kier molecular flexibility index (Phi) is 3.97. The highest BCUT2D eigenvalue weighted by Gasteiger charge is 2.14. The van der Waals surface area contributed by atoms with Crippen molar-refractivity contribution >= 4 is 11.6 Å². The van der Waals surface area contributed by atoms with Crippen molar-refractivity contribution in [2.24, 2.45) is 5.73 Å². The summed E-state index contributed by atoms with van der Waals surface area (Å²) in [5.74, 6) is 1.10. The molecule has 2 aromatic rings. The molecule has 1 aliphatic rings. The van der Waals surface area contributed by atoms with Crippen molar-refractivity contribution in [1.82, 2.24) is 9.78 Å². The maximum atomic E-state index is 12.2. The Hall–Kier alpha value is -2.54. The lowest BCUT2D eigenvalue weighted by Crippen LogP contribution is -2.22. The van der Waals surface area contributed by atoms with Gasteiger partial charge in [0.25, 0.3) is 5.91 Å². The van der Waals surface area contributed by atoms with Crippen molar-refractivity contribution in [1.29, 1.82) is 0 Å². The van der Waals surface area contributed by atoms with Gasteiger partial charge < -0.3 is 20.5 Å². The summed E-state index contributed by atoms with van der Waals surface area (Å²) in [7, 11) is 0. The van der Waals surface area contributed by atoms with E-state index in [1.54, 1.807) is 29.1 Å². The highest BCUT2D eigenvalue weighted by Crippen LogP contribution is 2.32. The first-order valence-electron chi connectivity index (χ1n) is 7.11. The first kappa shape index (κ1) is 14.4. The van der Waals surface area contributed by atoms with Crippen LogP contribution in [0.3, 0.4) is 0 Å². The predicted molar refractivity (Wildman–Crippen MR) is 81.3 cm³/mol. The van der Waals surface area contributed by atoms with E-state index >= 15 is 0 Å². The zero-order valence-electron chi connectivity index (χ0n) is 12.3. The molecule has 0 saturated heterocycles. The number of carbonyl (C=O) groups excluding carboxylic acids is 1. The standard InChI is InChI=1S/C15H18N4O3/c1-10(16)8-19-9-11(7-17-19)15(20)18-12-2-3-13-14(6-12)22-5-4-21-13/h2-3,6-7,9-10H,4-5,8,16H2,1H3,(H,18,20). The van der Waals surface area contributed by atoms with Gasteiger partial charge >= 0.3 is 0 Å². The van der Waals surface area contributed by atoms with Crippen molar-refractivity contribution in [3.8, 4) is 11.5 Å². The van der Waals surface area contributed by atoms with E-state index in [-0.39, 0.29) is 11.9 Å². The number of nitrogens with two attached hydrogens (primary N) is 1. The number of nitrogens with zero attached hydrogens (tertiary/aromatic N) is 2. The Morgan fingerprint density at radius 1 is 1.41 bits per heavy atom. The molecule has 3 rings (SSSR count). The van der Waals surface area contributed by atoms with E-state index in [0.29, 0.717) is 42.5 Å². The smallest absolute Gasteiger partial charge is 0.258 e. The average Bonchev–Trinajstić information content (AvgIpc) is 2.95. The Morgan fingerprint density at radius 2 is 2.18 bits per heavy atom. The van der Waals surface area contributed by atoms with Gasteiger partial charge in [0.05, 0.1) is 18.3 Å². The number of anilines is 1. The van der Waals surface area contributed by atoms with Crippen molar-refractivity contribution in [2.75, 3.05) is 18.5 Å². The molecule has 116 valence electrons. The first-order chi connectivity index (χ1) is 10.6. The van der Waals surface area contributed by atoms with Crippen LogP contribution in [0.4, 0.5) is 5.69 Å². The number of carbonyl (C=O) groups is 1. The van der Waals surface area contributed by atoms with Crippen LogP contribution < -0.4 is 20.5 Å². The number of aromatic nitrogens is 2. The summed E-state index contributed by atoms with van der Waals surface area (Å²) in [6.45, 7) is 3.50. The van der Waals surface area contributed by atoms with Gasteiger partial charge in [-0.3, -0.25) is 9.48 Å². The van der Waals surface area contributed by atoms with E-state index < -0.39 is 0 Å². The number of hydrogen-bond donors (Lipinski definition) is 2. The fraction of sp³-hybridized carbons (Fsp3) is 0.333. The fourth-order valence-electron chi connectivity index (χ4n) is 2.20. The largest absolute Gasteiger partial charge is 0.486 e. The predicted octanol–water partition coefficient (Wildman–Crippen LogP) is 1.25. The molecule has 1 unspecified atom stereocenters. The van der Waals surface area contributed by atoms with Crippen molar-refractivity contribution in [3.05, 3.63) is 36.2 Å². The molecule has 1 amide bonds. The quantitative estimate of drug-likeness (QED) is 0.887. The fourth-order valence-corrected chi connectivity index (χ4v) is 2.20. The minimum atomic E-state index is -0.229. The molecular formula is C15H18N4O3. The molecule has 7 nitrogen and oxygen atoms in total. The number of nitrogens with one attached hydrogen (secondary N) is 1. The van der Waals surface area contributed by atoms with Gasteiger partial charge in [0.15, 0.2) is 11.5 Å². The second-order valence-electron chi connectivity index (χ2n) is 5.24. The topological polar surface area (TPSA) is 91.4 Å². The number of hydrogen-bond acceptors (Lipinski definition) is 5. The maximum absolute atomic E-state index is 12.2. The first-order valence-corrected chi connectivity index (χ1v) is 7.11. The molecule has 3 N–H and O–H groups in total. The molecule has 22 heavy (non-hydrogen) atoms. The second-order valence-corrected chi connectivity index (χ2v) is 5.24. The van der Waals surface area contributed by atoms with Crippen LogP contribution in [0.1, 0.15) is 17.3 Å². The number of ether oxygens (including phenoxy) is 2. The summed E-state index contributed by atoms with van der Waals surface area (Å²) >= 11 is 0. The Labute approximate surface area is 128 Å². The van der Waals surface area contributed by atoms with Gasteiger partial charge in [-0.1, -0.05) is 0 Å². The molecule has 7 heteroatoms. The summed E-state index contributed by atoms with van der Waals surface area (Å²) in [5.41, 5.74) is 6.84. The summed E-state index contributed by atoms with van der Waals surface area (Å²) in [6, 6.07) is 5.29. The Bertz CT molecular complexity index is 681. The van der Waals surface area contributed by atoms with Crippen LogP contribution in [-0.4, -0.2) is 34.9 Å². The van der Waals surface area contributed by atoms with Gasteiger partial charge in [-0.05, 0) is 19.1 Å². The molecule has 0 bridgehead atoms. The zero-order chi connectivity index (χ0) is 15.5. The third-order valence-corrected chi connectivity index (χ3v) is 3.17. The summed E-state index contributed by atoms with van der Waals surface area (Å²) in [4.78, 5) is 12.2. The molecular weight excluding hydrogens is 284 g/mol. The lowest BCUT2D eigenvalue weighted by molar-refractivity contribution is 0.102. The van der Waals surface area contributed by atoms with E-state index in [1.807, 2.05) is 6.92 Å².